The zero-order chi connectivity index (χ0) is 11.3. The van der Waals surface area contributed by atoms with Crippen LogP contribution in [0.25, 0.3) is 0 Å². The fourth-order valence-electron chi connectivity index (χ4n) is 1.07. The standard InChI is InChI=1S/C11H12FNO2/c1-2-11(15)13-7-10(14)8-3-5-9(12)6-4-8/h2-6,10,14H,1,7H2,(H,13,15)/t10-/m1/s1. The molecule has 0 aromatic heterocycles. The molecule has 1 aromatic rings. The van der Waals surface area contributed by atoms with Crippen molar-refractivity contribution in [1.82, 2.24) is 5.32 Å². The zero-order valence-electron chi connectivity index (χ0n) is 8.11. The Balaban J connectivity index is 2.53. The first kappa shape index (κ1) is 11.4. The summed E-state index contributed by atoms with van der Waals surface area (Å²) >= 11 is 0. The van der Waals surface area contributed by atoms with Gasteiger partial charge in [-0.25, -0.2) is 4.39 Å². The first-order valence-electron chi connectivity index (χ1n) is 4.47. The first-order valence-corrected chi connectivity index (χ1v) is 4.47. The van der Waals surface area contributed by atoms with E-state index in [1.807, 2.05) is 0 Å². The lowest BCUT2D eigenvalue weighted by Crippen LogP contribution is -2.26. The van der Waals surface area contributed by atoms with E-state index in [1.54, 1.807) is 0 Å². The Morgan fingerprint density at radius 3 is 2.67 bits per heavy atom. The van der Waals surface area contributed by atoms with E-state index in [2.05, 4.69) is 11.9 Å². The zero-order valence-corrected chi connectivity index (χ0v) is 8.11. The number of aliphatic hydroxyl groups excluding tert-OH is 1. The van der Waals surface area contributed by atoms with Crippen LogP contribution in [0.15, 0.2) is 36.9 Å². The minimum atomic E-state index is -0.838. The number of benzene rings is 1. The Morgan fingerprint density at radius 2 is 2.13 bits per heavy atom. The number of hydrogen-bond donors (Lipinski definition) is 2. The van der Waals surface area contributed by atoms with Crippen molar-refractivity contribution in [2.75, 3.05) is 6.54 Å². The van der Waals surface area contributed by atoms with Gasteiger partial charge >= 0.3 is 0 Å². The van der Waals surface area contributed by atoms with Gasteiger partial charge in [0.2, 0.25) is 5.91 Å². The molecule has 0 unspecified atom stereocenters. The van der Waals surface area contributed by atoms with Crippen molar-refractivity contribution in [3.8, 4) is 0 Å². The van der Waals surface area contributed by atoms with Crippen molar-refractivity contribution in [2.45, 2.75) is 6.10 Å². The van der Waals surface area contributed by atoms with Crippen molar-refractivity contribution in [3.63, 3.8) is 0 Å². The molecule has 0 aliphatic rings. The highest BCUT2D eigenvalue weighted by Gasteiger charge is 2.07. The Kier molecular flexibility index (Phi) is 4.00. The maximum Gasteiger partial charge on any atom is 0.243 e. The molecule has 2 N–H and O–H groups in total. The number of halogens is 1. The monoisotopic (exact) mass is 209 g/mol. The second-order valence-corrected chi connectivity index (χ2v) is 3.02. The van der Waals surface area contributed by atoms with Crippen LogP contribution in [0.4, 0.5) is 4.39 Å². The quantitative estimate of drug-likeness (QED) is 0.731. The average Bonchev–Trinajstić information content (AvgIpc) is 2.26. The number of nitrogens with one attached hydrogen (secondary N) is 1. The molecule has 0 saturated heterocycles. The summed E-state index contributed by atoms with van der Waals surface area (Å²) in [6.07, 6.45) is 0.284. The van der Waals surface area contributed by atoms with Crippen molar-refractivity contribution >= 4 is 5.91 Å². The Bertz CT molecular complexity index is 348. The topological polar surface area (TPSA) is 49.3 Å². The van der Waals surface area contributed by atoms with E-state index in [4.69, 9.17) is 0 Å². The number of amides is 1. The summed E-state index contributed by atoms with van der Waals surface area (Å²) in [6, 6.07) is 5.46. The van der Waals surface area contributed by atoms with Crippen LogP contribution in [0.5, 0.6) is 0 Å². The summed E-state index contributed by atoms with van der Waals surface area (Å²) in [6.45, 7) is 3.36. The predicted octanol–water partition coefficient (Wildman–Crippen LogP) is 1.16. The molecule has 0 spiro atoms. The SMILES string of the molecule is C=CC(=O)NC[C@@H](O)c1ccc(F)cc1. The minimum Gasteiger partial charge on any atom is -0.387 e. The molecule has 4 heteroatoms. The third-order valence-electron chi connectivity index (χ3n) is 1.91. The van der Waals surface area contributed by atoms with Crippen LogP contribution in [0.2, 0.25) is 0 Å². The Hall–Kier alpha value is -1.68. The van der Waals surface area contributed by atoms with E-state index in [-0.39, 0.29) is 18.3 Å². The summed E-state index contributed by atoms with van der Waals surface area (Å²) in [7, 11) is 0. The van der Waals surface area contributed by atoms with Crippen LogP contribution in [0.1, 0.15) is 11.7 Å². The van der Waals surface area contributed by atoms with Crippen LogP contribution in [-0.4, -0.2) is 17.6 Å². The molecule has 80 valence electrons. The summed E-state index contributed by atoms with van der Waals surface area (Å²) in [5, 5.41) is 12.0. The third kappa shape index (κ3) is 3.52. The molecule has 1 rings (SSSR count). The molecule has 1 aromatic carbocycles. The molecule has 0 saturated carbocycles. The fourth-order valence-corrected chi connectivity index (χ4v) is 1.07. The predicted molar refractivity (Wildman–Crippen MR) is 54.6 cm³/mol. The van der Waals surface area contributed by atoms with Crippen molar-refractivity contribution in [3.05, 3.63) is 48.3 Å². The van der Waals surface area contributed by atoms with E-state index in [0.717, 1.165) is 6.08 Å². The molecule has 1 amide bonds. The number of aliphatic hydroxyl groups is 1. The van der Waals surface area contributed by atoms with Gasteiger partial charge in [0, 0.05) is 6.54 Å². The molecule has 0 bridgehead atoms. The van der Waals surface area contributed by atoms with Gasteiger partial charge in [-0.1, -0.05) is 18.7 Å². The van der Waals surface area contributed by atoms with Crippen LogP contribution in [0.3, 0.4) is 0 Å². The molecule has 0 radical (unpaired) electrons. The Morgan fingerprint density at radius 1 is 1.53 bits per heavy atom. The maximum absolute atomic E-state index is 12.6. The molecule has 3 nitrogen and oxygen atoms in total. The maximum atomic E-state index is 12.6. The number of rotatable bonds is 4. The van der Waals surface area contributed by atoms with Gasteiger partial charge in [0.1, 0.15) is 5.82 Å². The van der Waals surface area contributed by atoms with Gasteiger partial charge in [-0.3, -0.25) is 4.79 Å². The molecule has 15 heavy (non-hydrogen) atoms. The van der Waals surface area contributed by atoms with Crippen molar-refractivity contribution in [2.24, 2.45) is 0 Å². The van der Waals surface area contributed by atoms with Crippen LogP contribution < -0.4 is 5.32 Å². The van der Waals surface area contributed by atoms with E-state index in [1.165, 1.54) is 24.3 Å². The minimum absolute atomic E-state index is 0.0798. The normalized spacial score (nSPS) is 11.9. The molecule has 0 heterocycles. The van der Waals surface area contributed by atoms with E-state index >= 15 is 0 Å². The second-order valence-electron chi connectivity index (χ2n) is 3.02. The second kappa shape index (κ2) is 5.26. The van der Waals surface area contributed by atoms with Crippen molar-refractivity contribution in [1.29, 1.82) is 0 Å². The van der Waals surface area contributed by atoms with Crippen LogP contribution in [0, 0.1) is 5.82 Å². The summed E-state index contributed by atoms with van der Waals surface area (Å²) in [4.78, 5) is 10.8. The van der Waals surface area contributed by atoms with Gasteiger partial charge in [-0.15, -0.1) is 0 Å². The summed E-state index contributed by atoms with van der Waals surface area (Å²) in [5.74, 6) is -0.711. The van der Waals surface area contributed by atoms with Crippen LogP contribution >= 0.6 is 0 Å². The first-order chi connectivity index (χ1) is 7.13. The smallest absolute Gasteiger partial charge is 0.243 e. The number of carbonyl (C=O) groups is 1. The van der Waals surface area contributed by atoms with Gasteiger partial charge in [-0.05, 0) is 23.8 Å². The highest BCUT2D eigenvalue weighted by molar-refractivity contribution is 5.86. The largest absolute Gasteiger partial charge is 0.387 e. The molecular weight excluding hydrogens is 197 g/mol. The summed E-state index contributed by atoms with van der Waals surface area (Å²) < 4.78 is 12.6. The lowest BCUT2D eigenvalue weighted by Gasteiger charge is -2.10. The third-order valence-corrected chi connectivity index (χ3v) is 1.91. The number of carbonyl (C=O) groups excluding carboxylic acids is 1. The lowest BCUT2D eigenvalue weighted by atomic mass is 10.1. The van der Waals surface area contributed by atoms with Gasteiger partial charge < -0.3 is 10.4 Å². The molecular formula is C11H12FNO2. The van der Waals surface area contributed by atoms with Crippen LogP contribution in [-0.2, 0) is 4.79 Å². The highest BCUT2D eigenvalue weighted by atomic mass is 19.1. The van der Waals surface area contributed by atoms with Gasteiger partial charge in [0.05, 0.1) is 6.10 Å². The van der Waals surface area contributed by atoms with E-state index in [0.29, 0.717) is 5.56 Å². The molecule has 0 aliphatic carbocycles. The van der Waals surface area contributed by atoms with E-state index < -0.39 is 6.10 Å². The molecule has 0 aliphatic heterocycles. The fraction of sp³-hybridized carbons (Fsp3) is 0.182. The van der Waals surface area contributed by atoms with Gasteiger partial charge in [-0.2, -0.15) is 0 Å². The molecule has 0 fully saturated rings. The van der Waals surface area contributed by atoms with Gasteiger partial charge in [0.25, 0.3) is 0 Å². The summed E-state index contributed by atoms with van der Waals surface area (Å²) in [5.41, 5.74) is 0.556. The number of hydrogen-bond acceptors (Lipinski definition) is 2. The van der Waals surface area contributed by atoms with Crippen molar-refractivity contribution < 1.29 is 14.3 Å². The Labute approximate surface area is 87.2 Å². The lowest BCUT2D eigenvalue weighted by molar-refractivity contribution is -0.116. The highest BCUT2D eigenvalue weighted by Crippen LogP contribution is 2.12. The average molecular weight is 209 g/mol. The van der Waals surface area contributed by atoms with Gasteiger partial charge in [0.15, 0.2) is 0 Å². The molecule has 1 atom stereocenters. The van der Waals surface area contributed by atoms with E-state index in [9.17, 15) is 14.3 Å².